The Kier molecular flexibility index (Phi) is 13.8. The molecule has 27 heavy (non-hydrogen) atoms. The van der Waals surface area contributed by atoms with Gasteiger partial charge in [0, 0.05) is 52.2 Å². The molecule has 1 aliphatic rings. The molecular weight excluding hydrogens is 346 g/mol. The van der Waals surface area contributed by atoms with Gasteiger partial charge in [0.15, 0.2) is 0 Å². The maximum Gasteiger partial charge on any atom is 0.231 e. The Balaban J connectivity index is 0.000000204. The number of rotatable bonds is 8. The summed E-state index contributed by atoms with van der Waals surface area (Å²) in [6.45, 7) is 6.32. The van der Waals surface area contributed by atoms with Crippen molar-refractivity contribution in [1.82, 2.24) is 24.6 Å². The van der Waals surface area contributed by atoms with Gasteiger partial charge in [0.2, 0.25) is 5.88 Å². The Labute approximate surface area is 162 Å². The SMILES string of the molecule is COCCCN1CCCC1.COCCn1cccn1.COc1cnccn1. The predicted octanol–water partition coefficient (Wildman–Crippen LogP) is 2.13. The minimum atomic E-state index is 0.549. The number of nitrogens with zero attached hydrogens (tertiary/aromatic N) is 5. The largest absolute Gasteiger partial charge is 0.480 e. The first-order valence-corrected chi connectivity index (χ1v) is 9.27. The van der Waals surface area contributed by atoms with Crippen LogP contribution in [0.3, 0.4) is 0 Å². The van der Waals surface area contributed by atoms with E-state index >= 15 is 0 Å². The first kappa shape index (κ1) is 23.0. The second-order valence-electron chi connectivity index (χ2n) is 5.90. The molecule has 1 fully saturated rings. The summed E-state index contributed by atoms with van der Waals surface area (Å²) in [5, 5.41) is 3.99. The van der Waals surface area contributed by atoms with Crippen molar-refractivity contribution in [2.75, 3.05) is 54.2 Å². The van der Waals surface area contributed by atoms with Crippen molar-refractivity contribution in [1.29, 1.82) is 0 Å². The summed E-state index contributed by atoms with van der Waals surface area (Å²) in [5.41, 5.74) is 0. The second-order valence-corrected chi connectivity index (χ2v) is 5.90. The van der Waals surface area contributed by atoms with Gasteiger partial charge in [-0.1, -0.05) is 0 Å². The molecule has 3 rings (SSSR count). The smallest absolute Gasteiger partial charge is 0.231 e. The number of hydrogen-bond donors (Lipinski definition) is 0. The second kappa shape index (κ2) is 16.2. The molecular formula is C19H33N5O3. The third kappa shape index (κ3) is 12.1. The zero-order chi connectivity index (χ0) is 19.6. The standard InChI is InChI=1S/C8H17NO.C6H10N2O.C5H6N2O/c1-10-8-4-7-9-5-2-3-6-9;1-9-6-5-8-4-2-3-7-8;1-8-5-4-6-2-3-7-5/h2-8H2,1H3;2-4H,5-6H2,1H3;2-4H,1H3. The van der Waals surface area contributed by atoms with Gasteiger partial charge in [-0.15, -0.1) is 0 Å². The van der Waals surface area contributed by atoms with Crippen molar-refractivity contribution in [3.63, 3.8) is 0 Å². The normalized spacial score (nSPS) is 13.3. The van der Waals surface area contributed by atoms with Crippen LogP contribution in [0.25, 0.3) is 0 Å². The summed E-state index contributed by atoms with van der Waals surface area (Å²) in [4.78, 5) is 10.1. The van der Waals surface area contributed by atoms with Crippen molar-refractivity contribution >= 4 is 0 Å². The average Bonchev–Trinajstić information content (AvgIpc) is 3.42. The molecule has 0 amide bonds. The minimum Gasteiger partial charge on any atom is -0.480 e. The van der Waals surface area contributed by atoms with Crippen LogP contribution in [0.2, 0.25) is 0 Å². The molecule has 1 aliphatic heterocycles. The molecule has 0 saturated carbocycles. The zero-order valence-electron chi connectivity index (χ0n) is 16.8. The van der Waals surface area contributed by atoms with Gasteiger partial charge in [-0.25, -0.2) is 4.98 Å². The third-order valence-corrected chi connectivity index (χ3v) is 3.85. The Morgan fingerprint density at radius 1 is 0.963 bits per heavy atom. The van der Waals surface area contributed by atoms with Gasteiger partial charge < -0.3 is 19.1 Å². The van der Waals surface area contributed by atoms with E-state index in [-0.39, 0.29) is 0 Å². The number of ether oxygens (including phenoxy) is 3. The minimum absolute atomic E-state index is 0.549. The molecule has 0 aliphatic carbocycles. The van der Waals surface area contributed by atoms with Crippen LogP contribution in [0.15, 0.2) is 37.1 Å². The average molecular weight is 380 g/mol. The van der Waals surface area contributed by atoms with Gasteiger partial charge in [-0.2, -0.15) is 5.10 Å². The number of aromatic nitrogens is 4. The highest BCUT2D eigenvalue weighted by molar-refractivity contribution is 5.00. The van der Waals surface area contributed by atoms with E-state index in [1.807, 2.05) is 16.9 Å². The monoisotopic (exact) mass is 379 g/mol. The molecule has 0 N–H and O–H groups in total. The van der Waals surface area contributed by atoms with E-state index in [0.29, 0.717) is 5.88 Å². The van der Waals surface area contributed by atoms with Crippen LogP contribution in [-0.4, -0.2) is 78.8 Å². The molecule has 0 radical (unpaired) electrons. The Bertz CT molecular complexity index is 534. The van der Waals surface area contributed by atoms with Crippen molar-refractivity contribution in [3.05, 3.63) is 37.1 Å². The van der Waals surface area contributed by atoms with Crippen molar-refractivity contribution in [2.45, 2.75) is 25.8 Å². The van der Waals surface area contributed by atoms with E-state index in [4.69, 9.17) is 14.2 Å². The zero-order valence-corrected chi connectivity index (χ0v) is 16.8. The third-order valence-electron chi connectivity index (χ3n) is 3.85. The van der Waals surface area contributed by atoms with Gasteiger partial charge in [0.25, 0.3) is 0 Å². The Morgan fingerprint density at radius 3 is 2.26 bits per heavy atom. The molecule has 1 saturated heterocycles. The molecule has 2 aromatic rings. The molecule has 8 nitrogen and oxygen atoms in total. The lowest BCUT2D eigenvalue weighted by atomic mass is 10.4. The highest BCUT2D eigenvalue weighted by Crippen LogP contribution is 2.06. The van der Waals surface area contributed by atoms with E-state index < -0.39 is 0 Å². The fourth-order valence-electron chi connectivity index (χ4n) is 2.45. The predicted molar refractivity (Wildman–Crippen MR) is 105 cm³/mol. The first-order valence-electron chi connectivity index (χ1n) is 9.27. The lowest BCUT2D eigenvalue weighted by Crippen LogP contribution is -2.21. The van der Waals surface area contributed by atoms with Crippen LogP contribution >= 0.6 is 0 Å². The van der Waals surface area contributed by atoms with Gasteiger partial charge in [-0.05, 0) is 38.4 Å². The molecule has 152 valence electrons. The summed E-state index contributed by atoms with van der Waals surface area (Å²) < 4.78 is 16.4. The summed E-state index contributed by atoms with van der Waals surface area (Å²) in [7, 11) is 5.01. The van der Waals surface area contributed by atoms with E-state index in [1.165, 1.54) is 38.9 Å². The lowest BCUT2D eigenvalue weighted by molar-refractivity contribution is 0.179. The number of hydrogen-bond acceptors (Lipinski definition) is 7. The lowest BCUT2D eigenvalue weighted by Gasteiger charge is -2.12. The molecule has 0 bridgehead atoms. The number of likely N-dealkylation sites (tertiary alicyclic amines) is 1. The molecule has 0 spiro atoms. The molecule has 2 aromatic heterocycles. The van der Waals surface area contributed by atoms with Gasteiger partial charge in [0.1, 0.15) is 0 Å². The van der Waals surface area contributed by atoms with Gasteiger partial charge >= 0.3 is 0 Å². The van der Waals surface area contributed by atoms with Crippen LogP contribution in [0.1, 0.15) is 19.3 Å². The Morgan fingerprint density at radius 2 is 1.74 bits per heavy atom. The highest BCUT2D eigenvalue weighted by atomic mass is 16.5. The van der Waals surface area contributed by atoms with Gasteiger partial charge in [0.05, 0.1) is 26.5 Å². The van der Waals surface area contributed by atoms with E-state index in [1.54, 1.807) is 46.1 Å². The molecule has 8 heteroatoms. The first-order chi connectivity index (χ1) is 13.3. The summed E-state index contributed by atoms with van der Waals surface area (Å²) in [6, 6.07) is 1.90. The van der Waals surface area contributed by atoms with Crippen molar-refractivity contribution in [3.8, 4) is 5.88 Å². The van der Waals surface area contributed by atoms with Crippen molar-refractivity contribution < 1.29 is 14.2 Å². The fourth-order valence-corrected chi connectivity index (χ4v) is 2.45. The van der Waals surface area contributed by atoms with Crippen LogP contribution in [-0.2, 0) is 16.0 Å². The van der Waals surface area contributed by atoms with E-state index in [0.717, 1.165) is 19.8 Å². The Hall–Kier alpha value is -2.03. The highest BCUT2D eigenvalue weighted by Gasteiger charge is 2.09. The quantitative estimate of drug-likeness (QED) is 0.651. The summed E-state index contributed by atoms with van der Waals surface area (Å²) in [5.74, 6) is 0.549. The van der Waals surface area contributed by atoms with Gasteiger partial charge in [-0.3, -0.25) is 9.67 Å². The molecule has 0 unspecified atom stereocenters. The van der Waals surface area contributed by atoms with Crippen LogP contribution < -0.4 is 4.74 Å². The maximum atomic E-state index is 4.97. The topological polar surface area (TPSA) is 74.5 Å². The maximum absolute atomic E-state index is 4.97. The van der Waals surface area contributed by atoms with E-state index in [9.17, 15) is 0 Å². The van der Waals surface area contributed by atoms with Crippen LogP contribution in [0.5, 0.6) is 5.88 Å². The summed E-state index contributed by atoms with van der Waals surface area (Å²) in [6.07, 6.45) is 12.4. The van der Waals surface area contributed by atoms with Crippen LogP contribution in [0.4, 0.5) is 0 Å². The van der Waals surface area contributed by atoms with Crippen molar-refractivity contribution in [2.24, 2.45) is 0 Å². The van der Waals surface area contributed by atoms with E-state index in [2.05, 4.69) is 20.0 Å². The summed E-state index contributed by atoms with van der Waals surface area (Å²) >= 11 is 0. The molecule has 0 atom stereocenters. The fraction of sp³-hybridized carbons (Fsp3) is 0.632. The van der Waals surface area contributed by atoms with Crippen LogP contribution in [0, 0.1) is 0 Å². The molecule has 3 heterocycles. The molecule has 0 aromatic carbocycles. The number of methoxy groups -OCH3 is 3.